The van der Waals surface area contributed by atoms with Crippen LogP contribution in [0.25, 0.3) is 11.0 Å². The number of ether oxygens (including phenoxy) is 5. The summed E-state index contributed by atoms with van der Waals surface area (Å²) in [5.74, 6) is 0.106. The lowest BCUT2D eigenvalue weighted by molar-refractivity contribution is -0.304. The second-order valence-corrected chi connectivity index (χ2v) is 10.9. The molecular weight excluding hydrogens is 588 g/mol. The van der Waals surface area contributed by atoms with E-state index in [9.17, 15) is 24.6 Å². The standard InChI is InChI=1S/C32H32N2O11/c1-16-23(42-30-25(37)27(44-31(33)39)28(40-4)32(2,3)45-30)11-10-19-24(36)20(29(38)43-26(16)19)15-22(35)21-14-18(12-13-34-21)41-17-8-6-5-7-9-17/h5-14,25,27-28,30,36-37H,15H2,1-4H3,(H2,33,39)/t25-,27+,28-,30-/m1/s1. The highest BCUT2D eigenvalue weighted by Crippen LogP contribution is 2.38. The molecule has 1 saturated heterocycles. The molecule has 236 valence electrons. The van der Waals surface area contributed by atoms with Crippen LogP contribution in [0, 0.1) is 6.92 Å². The number of aromatic hydroxyl groups is 1. The van der Waals surface area contributed by atoms with E-state index in [0.717, 1.165) is 0 Å². The third-order valence-corrected chi connectivity index (χ3v) is 7.44. The number of aliphatic hydroxyl groups is 1. The number of benzene rings is 2. The minimum Gasteiger partial charge on any atom is -0.507 e. The largest absolute Gasteiger partial charge is 0.507 e. The lowest BCUT2D eigenvalue weighted by Crippen LogP contribution is -2.65. The van der Waals surface area contributed by atoms with E-state index in [0.29, 0.717) is 17.1 Å². The van der Waals surface area contributed by atoms with Crippen LogP contribution in [0.4, 0.5) is 4.79 Å². The van der Waals surface area contributed by atoms with E-state index in [4.69, 9.17) is 33.8 Å². The first-order chi connectivity index (χ1) is 21.4. The Morgan fingerprint density at radius 3 is 2.51 bits per heavy atom. The highest BCUT2D eigenvalue weighted by Gasteiger charge is 2.53. The predicted molar refractivity (Wildman–Crippen MR) is 159 cm³/mol. The first-order valence-electron chi connectivity index (χ1n) is 13.9. The number of aromatic nitrogens is 1. The van der Waals surface area contributed by atoms with Crippen LogP contribution in [-0.4, -0.2) is 64.4 Å². The number of aliphatic hydroxyl groups excluding tert-OH is 1. The van der Waals surface area contributed by atoms with Crippen molar-refractivity contribution in [3.8, 4) is 23.0 Å². The Bertz CT molecular complexity index is 1790. The molecular formula is C32H32N2O11. The maximum Gasteiger partial charge on any atom is 0.404 e. The molecule has 0 unspecified atom stereocenters. The van der Waals surface area contributed by atoms with Crippen LogP contribution >= 0.6 is 0 Å². The van der Waals surface area contributed by atoms with E-state index in [1.807, 2.05) is 18.2 Å². The van der Waals surface area contributed by atoms with Crippen LogP contribution < -0.4 is 20.8 Å². The van der Waals surface area contributed by atoms with Gasteiger partial charge in [0.15, 0.2) is 18.0 Å². The van der Waals surface area contributed by atoms with Crippen LogP contribution in [0.1, 0.15) is 35.5 Å². The molecule has 3 heterocycles. The summed E-state index contributed by atoms with van der Waals surface area (Å²) in [4.78, 5) is 41.8. The summed E-state index contributed by atoms with van der Waals surface area (Å²) >= 11 is 0. The Labute approximate surface area is 257 Å². The van der Waals surface area contributed by atoms with Gasteiger partial charge in [-0.15, -0.1) is 0 Å². The molecule has 0 aliphatic carbocycles. The molecule has 2 aromatic heterocycles. The maximum absolute atomic E-state index is 13.1. The number of nitrogens with zero attached hydrogens (tertiary/aromatic N) is 1. The van der Waals surface area contributed by atoms with Crippen molar-refractivity contribution < 1.29 is 47.9 Å². The summed E-state index contributed by atoms with van der Waals surface area (Å²) in [7, 11) is 1.37. The zero-order chi connectivity index (χ0) is 32.5. The fourth-order valence-corrected chi connectivity index (χ4v) is 5.26. The summed E-state index contributed by atoms with van der Waals surface area (Å²) in [6.07, 6.45) is -5.14. The molecule has 0 spiro atoms. The highest BCUT2D eigenvalue weighted by atomic mass is 16.7. The number of Topliss-reactive ketones (excluding diaryl/α,β-unsaturated/α-hetero) is 1. The van der Waals surface area contributed by atoms with Gasteiger partial charge in [0.25, 0.3) is 0 Å². The molecule has 4 N–H and O–H groups in total. The van der Waals surface area contributed by atoms with Gasteiger partial charge in [-0.3, -0.25) is 9.78 Å². The number of carbonyl (C=O) groups is 2. The molecule has 13 nitrogen and oxygen atoms in total. The van der Waals surface area contributed by atoms with Gasteiger partial charge in [-0.2, -0.15) is 0 Å². The van der Waals surface area contributed by atoms with Gasteiger partial charge in [-0.05, 0) is 51.1 Å². The number of aryl methyl sites for hydroxylation is 1. The molecule has 2 aromatic carbocycles. The van der Waals surface area contributed by atoms with Gasteiger partial charge in [-0.1, -0.05) is 18.2 Å². The molecule has 13 heteroatoms. The van der Waals surface area contributed by atoms with Gasteiger partial charge in [-0.25, -0.2) is 9.59 Å². The number of hydrogen-bond acceptors (Lipinski definition) is 12. The number of para-hydroxylation sites is 1. The first-order valence-corrected chi connectivity index (χ1v) is 13.9. The Hall–Kier alpha value is -4.98. The fourth-order valence-electron chi connectivity index (χ4n) is 5.26. The van der Waals surface area contributed by atoms with Gasteiger partial charge in [0.2, 0.25) is 6.29 Å². The number of primary amides is 1. The quantitative estimate of drug-likeness (QED) is 0.182. The van der Waals surface area contributed by atoms with E-state index in [-0.39, 0.29) is 28.0 Å². The molecule has 45 heavy (non-hydrogen) atoms. The Balaban J connectivity index is 1.39. The molecule has 1 aliphatic heterocycles. The van der Waals surface area contributed by atoms with Gasteiger partial charge in [0.05, 0.1) is 16.6 Å². The van der Waals surface area contributed by atoms with E-state index in [1.165, 1.54) is 31.5 Å². The fraction of sp³-hybridized carbons (Fsp3) is 0.312. The monoisotopic (exact) mass is 620 g/mol. The van der Waals surface area contributed by atoms with Crippen molar-refractivity contribution >= 4 is 22.8 Å². The topological polar surface area (TPSA) is 190 Å². The van der Waals surface area contributed by atoms with E-state index in [2.05, 4.69) is 4.98 Å². The molecule has 1 amide bonds. The number of rotatable bonds is 9. The molecule has 1 aliphatic rings. The van der Waals surface area contributed by atoms with Crippen molar-refractivity contribution in [3.05, 3.63) is 88.0 Å². The molecule has 4 atom stereocenters. The average Bonchev–Trinajstić information content (AvgIpc) is 2.99. The molecule has 0 saturated carbocycles. The molecule has 5 rings (SSSR count). The van der Waals surface area contributed by atoms with Crippen molar-refractivity contribution in [1.82, 2.24) is 4.98 Å². The summed E-state index contributed by atoms with van der Waals surface area (Å²) in [5, 5.41) is 22.2. The zero-order valence-corrected chi connectivity index (χ0v) is 24.9. The van der Waals surface area contributed by atoms with Gasteiger partial charge in [0.1, 0.15) is 40.4 Å². The Morgan fingerprint density at radius 1 is 1.09 bits per heavy atom. The van der Waals surface area contributed by atoms with E-state index in [1.54, 1.807) is 39.0 Å². The summed E-state index contributed by atoms with van der Waals surface area (Å²) in [6, 6.07) is 14.9. The average molecular weight is 621 g/mol. The Morgan fingerprint density at radius 2 is 1.82 bits per heavy atom. The second-order valence-electron chi connectivity index (χ2n) is 10.9. The SMILES string of the molecule is CO[C@@H]1[C@@H](OC(N)=O)[C@@H](O)[C@H](Oc2ccc3c(O)c(CC(=O)c4cc(Oc5ccccc5)ccn4)c(=O)oc3c2C)OC1(C)C. The molecule has 4 aromatic rings. The van der Waals surface area contributed by atoms with Crippen molar-refractivity contribution in [1.29, 1.82) is 0 Å². The summed E-state index contributed by atoms with van der Waals surface area (Å²) in [5.41, 5.74) is 3.26. The molecule has 1 fully saturated rings. The predicted octanol–water partition coefficient (Wildman–Crippen LogP) is 3.77. The van der Waals surface area contributed by atoms with E-state index >= 15 is 0 Å². The second kappa shape index (κ2) is 12.6. The third kappa shape index (κ3) is 6.45. The zero-order valence-electron chi connectivity index (χ0n) is 24.9. The number of amides is 1. The minimum atomic E-state index is -1.51. The van der Waals surface area contributed by atoms with Crippen molar-refractivity contribution in [2.75, 3.05) is 7.11 Å². The smallest absolute Gasteiger partial charge is 0.404 e. The highest BCUT2D eigenvalue weighted by molar-refractivity contribution is 5.97. The van der Waals surface area contributed by atoms with E-state index < -0.39 is 59.9 Å². The Kier molecular flexibility index (Phi) is 8.77. The van der Waals surface area contributed by atoms with Crippen LogP contribution in [0.2, 0.25) is 0 Å². The number of carbonyl (C=O) groups excluding carboxylic acids is 2. The number of hydrogen-bond donors (Lipinski definition) is 3. The summed E-state index contributed by atoms with van der Waals surface area (Å²) in [6.45, 7) is 4.90. The van der Waals surface area contributed by atoms with Crippen LogP contribution in [0.3, 0.4) is 0 Å². The van der Waals surface area contributed by atoms with Gasteiger partial charge >= 0.3 is 11.7 Å². The van der Waals surface area contributed by atoms with Crippen molar-refractivity contribution in [2.45, 2.75) is 57.4 Å². The van der Waals surface area contributed by atoms with Crippen LogP contribution in [0.15, 0.2) is 70.0 Å². The van der Waals surface area contributed by atoms with Crippen molar-refractivity contribution in [3.63, 3.8) is 0 Å². The third-order valence-electron chi connectivity index (χ3n) is 7.44. The van der Waals surface area contributed by atoms with Crippen LogP contribution in [0.5, 0.6) is 23.0 Å². The minimum absolute atomic E-state index is 0.00755. The van der Waals surface area contributed by atoms with Gasteiger partial charge < -0.3 is 44.0 Å². The lowest BCUT2D eigenvalue weighted by atomic mass is 9.89. The molecule has 0 radical (unpaired) electrons. The lowest BCUT2D eigenvalue weighted by Gasteiger charge is -2.47. The number of nitrogens with two attached hydrogens (primary N) is 1. The summed E-state index contributed by atoms with van der Waals surface area (Å²) < 4.78 is 33.7. The number of fused-ring (bicyclic) bond motifs is 1. The number of pyridine rings is 1. The van der Waals surface area contributed by atoms with Gasteiger partial charge in [0, 0.05) is 31.4 Å². The maximum atomic E-state index is 13.1. The number of ketones is 1. The van der Waals surface area contributed by atoms with Crippen molar-refractivity contribution in [2.24, 2.45) is 5.73 Å². The van der Waals surface area contributed by atoms with Crippen LogP contribution in [-0.2, 0) is 20.6 Å². The number of methoxy groups -OCH3 is 1. The first kappa shape index (κ1) is 31.4. The normalized spacial score (nSPS) is 20.8. The molecule has 0 bridgehead atoms.